The predicted molar refractivity (Wildman–Crippen MR) is 77.4 cm³/mol. The number of fused-ring (bicyclic) bond motifs is 1. The highest BCUT2D eigenvalue weighted by atomic mass is 16.3. The SMILES string of the molecule is Cc1c(-c2ccc(C#N)cc2)oc2ccccc2c1=O. The van der Waals surface area contributed by atoms with Gasteiger partial charge in [0.25, 0.3) is 0 Å². The first-order valence-electron chi connectivity index (χ1n) is 6.23. The van der Waals surface area contributed by atoms with E-state index in [4.69, 9.17) is 9.68 Å². The lowest BCUT2D eigenvalue weighted by Gasteiger charge is -2.06. The highest BCUT2D eigenvalue weighted by molar-refractivity contribution is 5.80. The lowest BCUT2D eigenvalue weighted by molar-refractivity contribution is 0.614. The van der Waals surface area contributed by atoms with Gasteiger partial charge in [0.15, 0.2) is 5.43 Å². The Morgan fingerprint density at radius 3 is 2.45 bits per heavy atom. The molecule has 3 nitrogen and oxygen atoms in total. The lowest BCUT2D eigenvalue weighted by atomic mass is 10.0. The molecule has 1 heterocycles. The van der Waals surface area contributed by atoms with Crippen molar-refractivity contribution in [2.24, 2.45) is 0 Å². The van der Waals surface area contributed by atoms with Crippen LogP contribution in [0.3, 0.4) is 0 Å². The summed E-state index contributed by atoms with van der Waals surface area (Å²) in [6.07, 6.45) is 0. The molecule has 0 amide bonds. The molecule has 2 aromatic carbocycles. The molecule has 0 spiro atoms. The monoisotopic (exact) mass is 261 g/mol. The Morgan fingerprint density at radius 1 is 1.05 bits per heavy atom. The highest BCUT2D eigenvalue weighted by Gasteiger charge is 2.12. The van der Waals surface area contributed by atoms with Crippen molar-refractivity contribution in [2.75, 3.05) is 0 Å². The van der Waals surface area contributed by atoms with Gasteiger partial charge in [-0.25, -0.2) is 0 Å². The molecule has 0 bridgehead atoms. The van der Waals surface area contributed by atoms with Crippen LogP contribution < -0.4 is 5.43 Å². The van der Waals surface area contributed by atoms with Gasteiger partial charge in [-0.15, -0.1) is 0 Å². The van der Waals surface area contributed by atoms with E-state index in [1.165, 1.54) is 0 Å². The van der Waals surface area contributed by atoms with Gasteiger partial charge in [0, 0.05) is 11.1 Å². The summed E-state index contributed by atoms with van der Waals surface area (Å²) in [6.45, 7) is 1.76. The van der Waals surface area contributed by atoms with Gasteiger partial charge in [0.05, 0.1) is 17.0 Å². The molecule has 0 aliphatic carbocycles. The smallest absolute Gasteiger partial charge is 0.196 e. The van der Waals surface area contributed by atoms with Gasteiger partial charge in [0.2, 0.25) is 0 Å². The zero-order chi connectivity index (χ0) is 14.1. The van der Waals surface area contributed by atoms with Crippen molar-refractivity contribution in [3.05, 3.63) is 69.9 Å². The molecule has 0 unspecified atom stereocenters. The average Bonchev–Trinajstić information content (AvgIpc) is 2.51. The van der Waals surface area contributed by atoms with E-state index >= 15 is 0 Å². The Bertz CT molecular complexity index is 883. The number of nitriles is 1. The molecule has 0 aliphatic heterocycles. The largest absolute Gasteiger partial charge is 0.456 e. The highest BCUT2D eigenvalue weighted by Crippen LogP contribution is 2.25. The van der Waals surface area contributed by atoms with Crippen LogP contribution in [0.15, 0.2) is 57.7 Å². The molecular weight excluding hydrogens is 250 g/mol. The molecule has 3 rings (SSSR count). The second kappa shape index (κ2) is 4.67. The maximum Gasteiger partial charge on any atom is 0.196 e. The fourth-order valence-corrected chi connectivity index (χ4v) is 2.21. The van der Waals surface area contributed by atoms with Gasteiger partial charge in [-0.05, 0) is 43.3 Å². The van der Waals surface area contributed by atoms with Crippen LogP contribution in [0.2, 0.25) is 0 Å². The van der Waals surface area contributed by atoms with Gasteiger partial charge >= 0.3 is 0 Å². The summed E-state index contributed by atoms with van der Waals surface area (Å²) in [4.78, 5) is 12.3. The van der Waals surface area contributed by atoms with Crippen LogP contribution in [0.5, 0.6) is 0 Å². The summed E-state index contributed by atoms with van der Waals surface area (Å²) < 4.78 is 5.85. The Balaban J connectivity index is 2.28. The fourth-order valence-electron chi connectivity index (χ4n) is 2.21. The molecule has 3 aromatic rings. The maximum atomic E-state index is 12.3. The van der Waals surface area contributed by atoms with Gasteiger partial charge < -0.3 is 4.42 Å². The maximum absolute atomic E-state index is 12.3. The molecular formula is C17H11NO2. The second-order valence-electron chi connectivity index (χ2n) is 4.57. The number of hydrogen-bond acceptors (Lipinski definition) is 3. The fraction of sp³-hybridized carbons (Fsp3) is 0.0588. The van der Waals surface area contributed by atoms with Gasteiger partial charge in [-0.2, -0.15) is 5.26 Å². The number of para-hydroxylation sites is 1. The summed E-state index contributed by atoms with van der Waals surface area (Å²) in [5, 5.41) is 9.40. The van der Waals surface area contributed by atoms with E-state index in [0.717, 1.165) is 5.56 Å². The molecule has 1 aromatic heterocycles. The van der Waals surface area contributed by atoms with Crippen LogP contribution in [0.4, 0.5) is 0 Å². The molecule has 0 saturated carbocycles. The second-order valence-corrected chi connectivity index (χ2v) is 4.57. The van der Waals surface area contributed by atoms with E-state index in [2.05, 4.69) is 6.07 Å². The predicted octanol–water partition coefficient (Wildman–Crippen LogP) is 3.64. The first-order valence-corrected chi connectivity index (χ1v) is 6.23. The van der Waals surface area contributed by atoms with Crippen molar-refractivity contribution in [1.29, 1.82) is 5.26 Å². The van der Waals surface area contributed by atoms with Crippen LogP contribution in [0.1, 0.15) is 11.1 Å². The first-order chi connectivity index (χ1) is 9.70. The minimum atomic E-state index is -0.0220. The molecule has 0 saturated heterocycles. The first kappa shape index (κ1) is 12.2. The molecule has 0 N–H and O–H groups in total. The summed E-state index contributed by atoms with van der Waals surface area (Å²) in [6, 6.07) is 16.3. The van der Waals surface area contributed by atoms with E-state index in [1.54, 1.807) is 43.3 Å². The number of rotatable bonds is 1. The molecule has 3 heteroatoms. The van der Waals surface area contributed by atoms with Gasteiger partial charge in [0.1, 0.15) is 11.3 Å². The Kier molecular flexibility index (Phi) is 2.85. The van der Waals surface area contributed by atoms with Crippen LogP contribution in [0, 0.1) is 18.3 Å². The van der Waals surface area contributed by atoms with Crippen molar-refractivity contribution in [1.82, 2.24) is 0 Å². The molecule has 0 radical (unpaired) electrons. The van der Waals surface area contributed by atoms with Crippen molar-refractivity contribution in [3.8, 4) is 17.4 Å². The minimum absolute atomic E-state index is 0.0220. The summed E-state index contributed by atoms with van der Waals surface area (Å²) in [5.41, 5.74) is 2.50. The van der Waals surface area contributed by atoms with Crippen molar-refractivity contribution in [2.45, 2.75) is 6.92 Å². The summed E-state index contributed by atoms with van der Waals surface area (Å²) in [5.74, 6) is 0.554. The van der Waals surface area contributed by atoms with Crippen LogP contribution in [-0.4, -0.2) is 0 Å². The molecule has 20 heavy (non-hydrogen) atoms. The van der Waals surface area contributed by atoms with E-state index < -0.39 is 0 Å². The summed E-state index contributed by atoms with van der Waals surface area (Å²) >= 11 is 0. The molecule has 0 aliphatic rings. The average molecular weight is 261 g/mol. The minimum Gasteiger partial charge on any atom is -0.456 e. The Morgan fingerprint density at radius 2 is 1.75 bits per heavy atom. The quantitative estimate of drug-likeness (QED) is 0.672. The van der Waals surface area contributed by atoms with E-state index in [0.29, 0.717) is 27.9 Å². The third-order valence-electron chi connectivity index (χ3n) is 3.30. The van der Waals surface area contributed by atoms with Gasteiger partial charge in [-0.1, -0.05) is 12.1 Å². The normalized spacial score (nSPS) is 10.4. The van der Waals surface area contributed by atoms with E-state index in [1.807, 2.05) is 12.1 Å². The summed E-state index contributed by atoms with van der Waals surface area (Å²) in [7, 11) is 0. The zero-order valence-corrected chi connectivity index (χ0v) is 10.9. The lowest BCUT2D eigenvalue weighted by Crippen LogP contribution is -2.06. The van der Waals surface area contributed by atoms with Crippen molar-refractivity contribution >= 4 is 11.0 Å². The van der Waals surface area contributed by atoms with Crippen molar-refractivity contribution in [3.63, 3.8) is 0 Å². The third kappa shape index (κ3) is 1.88. The van der Waals surface area contributed by atoms with Crippen molar-refractivity contribution < 1.29 is 4.42 Å². The Labute approximate surface area is 115 Å². The van der Waals surface area contributed by atoms with E-state index in [9.17, 15) is 4.79 Å². The molecule has 0 fully saturated rings. The van der Waals surface area contributed by atoms with Crippen LogP contribution >= 0.6 is 0 Å². The third-order valence-corrected chi connectivity index (χ3v) is 3.30. The van der Waals surface area contributed by atoms with Gasteiger partial charge in [-0.3, -0.25) is 4.79 Å². The molecule has 96 valence electrons. The van der Waals surface area contributed by atoms with Crippen LogP contribution in [-0.2, 0) is 0 Å². The number of nitrogens with zero attached hydrogens (tertiary/aromatic N) is 1. The number of benzene rings is 2. The molecule has 0 atom stereocenters. The van der Waals surface area contributed by atoms with Crippen LogP contribution in [0.25, 0.3) is 22.3 Å². The Hall–Kier alpha value is -2.86. The number of hydrogen-bond donors (Lipinski definition) is 0. The van der Waals surface area contributed by atoms with E-state index in [-0.39, 0.29) is 5.43 Å². The zero-order valence-electron chi connectivity index (χ0n) is 10.9. The standard InChI is InChI=1S/C17H11NO2/c1-11-16(19)14-4-2-3-5-15(14)20-17(11)13-8-6-12(10-18)7-9-13/h2-9H,1H3. The topological polar surface area (TPSA) is 54.0 Å².